The predicted octanol–water partition coefficient (Wildman–Crippen LogP) is 1.45. The van der Waals surface area contributed by atoms with Crippen molar-refractivity contribution in [1.29, 1.82) is 0 Å². The summed E-state index contributed by atoms with van der Waals surface area (Å²) in [7, 11) is 0. The van der Waals surface area contributed by atoms with E-state index < -0.39 is 5.97 Å². The van der Waals surface area contributed by atoms with Crippen molar-refractivity contribution in [3.05, 3.63) is 30.0 Å². The number of nitrogens with one attached hydrogen (secondary N) is 1. The largest absolute Gasteiger partial charge is 0.477 e. The van der Waals surface area contributed by atoms with Gasteiger partial charge in [-0.05, 0) is 18.2 Å². The van der Waals surface area contributed by atoms with E-state index in [-0.39, 0.29) is 5.69 Å². The van der Waals surface area contributed by atoms with Crippen LogP contribution in [0.1, 0.15) is 10.5 Å². The zero-order valence-corrected chi connectivity index (χ0v) is 6.74. The van der Waals surface area contributed by atoms with Crippen LogP contribution in [0.2, 0.25) is 0 Å². The Balaban J connectivity index is 2.68. The van der Waals surface area contributed by atoms with E-state index in [0.29, 0.717) is 5.69 Å². The molecule has 0 saturated carbocycles. The molecule has 0 fully saturated rings. The molecule has 0 aliphatic heterocycles. The highest BCUT2D eigenvalue weighted by atomic mass is 16.4. The van der Waals surface area contributed by atoms with Crippen LogP contribution in [0.15, 0.2) is 24.3 Å². The molecule has 1 heterocycles. The van der Waals surface area contributed by atoms with Crippen LogP contribution in [0.4, 0.5) is 5.69 Å². The highest BCUT2D eigenvalue weighted by Gasteiger charge is 2.06. The minimum atomic E-state index is -0.963. The molecule has 4 heteroatoms. The van der Waals surface area contributed by atoms with Crippen molar-refractivity contribution < 1.29 is 9.90 Å². The molecule has 1 aromatic heterocycles. The van der Waals surface area contributed by atoms with E-state index in [0.717, 1.165) is 10.9 Å². The molecule has 66 valence electrons. The van der Waals surface area contributed by atoms with Crippen LogP contribution >= 0.6 is 0 Å². The fourth-order valence-electron chi connectivity index (χ4n) is 1.26. The van der Waals surface area contributed by atoms with Gasteiger partial charge in [0.05, 0.1) is 0 Å². The number of aromatic carboxylic acids is 1. The molecule has 0 saturated heterocycles. The number of fused-ring (bicyclic) bond motifs is 1. The topological polar surface area (TPSA) is 79.1 Å². The highest BCUT2D eigenvalue weighted by molar-refractivity contribution is 5.94. The fraction of sp³-hybridized carbons (Fsp3) is 0. The number of aromatic nitrogens is 1. The maximum atomic E-state index is 10.6. The zero-order chi connectivity index (χ0) is 9.42. The fourth-order valence-corrected chi connectivity index (χ4v) is 1.26. The van der Waals surface area contributed by atoms with Gasteiger partial charge in [0.1, 0.15) is 5.69 Å². The first kappa shape index (κ1) is 7.67. The highest BCUT2D eigenvalue weighted by Crippen LogP contribution is 2.17. The number of carboxylic acid groups (broad SMARTS) is 1. The van der Waals surface area contributed by atoms with Crippen LogP contribution < -0.4 is 5.73 Å². The SMILES string of the molecule is Nc1ccc2cc(C(=O)O)[nH]c2c1. The van der Waals surface area contributed by atoms with E-state index in [1.807, 2.05) is 0 Å². The van der Waals surface area contributed by atoms with Crippen molar-refractivity contribution in [2.75, 3.05) is 5.73 Å². The van der Waals surface area contributed by atoms with Gasteiger partial charge >= 0.3 is 5.97 Å². The third kappa shape index (κ3) is 1.22. The van der Waals surface area contributed by atoms with Crippen molar-refractivity contribution in [3.8, 4) is 0 Å². The molecule has 4 nitrogen and oxygen atoms in total. The van der Waals surface area contributed by atoms with Crippen molar-refractivity contribution in [2.45, 2.75) is 0 Å². The molecule has 2 aromatic rings. The van der Waals surface area contributed by atoms with Crippen molar-refractivity contribution in [3.63, 3.8) is 0 Å². The molecule has 0 unspecified atom stereocenters. The maximum absolute atomic E-state index is 10.6. The number of anilines is 1. The van der Waals surface area contributed by atoms with Gasteiger partial charge in [0, 0.05) is 16.6 Å². The van der Waals surface area contributed by atoms with E-state index in [1.165, 1.54) is 0 Å². The Bertz CT molecular complexity index is 473. The molecule has 0 radical (unpaired) electrons. The summed E-state index contributed by atoms with van der Waals surface area (Å²) >= 11 is 0. The van der Waals surface area contributed by atoms with Gasteiger partial charge in [-0.15, -0.1) is 0 Å². The van der Waals surface area contributed by atoms with E-state index in [1.54, 1.807) is 24.3 Å². The molecule has 0 bridgehead atoms. The molecule has 0 atom stereocenters. The number of aromatic amines is 1. The first-order valence-corrected chi connectivity index (χ1v) is 3.78. The molecule has 0 aliphatic carbocycles. The van der Waals surface area contributed by atoms with Gasteiger partial charge in [-0.2, -0.15) is 0 Å². The molecule has 2 rings (SSSR count). The molecular weight excluding hydrogens is 168 g/mol. The first-order valence-electron chi connectivity index (χ1n) is 3.78. The Morgan fingerprint density at radius 1 is 1.38 bits per heavy atom. The molecule has 0 amide bonds. The molecule has 4 N–H and O–H groups in total. The second kappa shape index (κ2) is 2.52. The molecule has 0 spiro atoms. The van der Waals surface area contributed by atoms with Crippen molar-refractivity contribution in [2.24, 2.45) is 0 Å². The minimum absolute atomic E-state index is 0.181. The van der Waals surface area contributed by atoms with Crippen LogP contribution in [-0.2, 0) is 0 Å². The number of nitrogens with two attached hydrogens (primary N) is 1. The average Bonchev–Trinajstić information content (AvgIpc) is 2.46. The summed E-state index contributed by atoms with van der Waals surface area (Å²) in [6.07, 6.45) is 0. The normalized spacial score (nSPS) is 10.5. The van der Waals surface area contributed by atoms with Gasteiger partial charge in [-0.3, -0.25) is 0 Å². The Labute approximate surface area is 74.0 Å². The van der Waals surface area contributed by atoms with Gasteiger partial charge in [0.25, 0.3) is 0 Å². The minimum Gasteiger partial charge on any atom is -0.477 e. The smallest absolute Gasteiger partial charge is 0.352 e. The zero-order valence-electron chi connectivity index (χ0n) is 6.74. The number of H-pyrrole nitrogens is 1. The quantitative estimate of drug-likeness (QED) is 0.575. The van der Waals surface area contributed by atoms with E-state index in [2.05, 4.69) is 4.98 Å². The second-order valence-corrected chi connectivity index (χ2v) is 2.83. The van der Waals surface area contributed by atoms with Crippen LogP contribution in [0.3, 0.4) is 0 Å². The molecular formula is C9H8N2O2. The monoisotopic (exact) mass is 176 g/mol. The van der Waals surface area contributed by atoms with Gasteiger partial charge < -0.3 is 15.8 Å². The first-order chi connectivity index (χ1) is 6.16. The number of nitrogen functional groups attached to an aromatic ring is 1. The van der Waals surface area contributed by atoms with Crippen LogP contribution in [0.25, 0.3) is 10.9 Å². The molecule has 0 aliphatic rings. The summed E-state index contributed by atoms with van der Waals surface area (Å²) in [5, 5.41) is 9.55. The number of hydrogen-bond acceptors (Lipinski definition) is 2. The number of rotatable bonds is 1. The Hall–Kier alpha value is -1.97. The second-order valence-electron chi connectivity index (χ2n) is 2.83. The van der Waals surface area contributed by atoms with Gasteiger partial charge in [0.15, 0.2) is 0 Å². The van der Waals surface area contributed by atoms with E-state index >= 15 is 0 Å². The Morgan fingerprint density at radius 3 is 2.85 bits per heavy atom. The van der Waals surface area contributed by atoms with Gasteiger partial charge in [0.2, 0.25) is 0 Å². The number of carboxylic acids is 1. The van der Waals surface area contributed by atoms with Crippen molar-refractivity contribution in [1.82, 2.24) is 4.98 Å². The van der Waals surface area contributed by atoms with E-state index in [4.69, 9.17) is 10.8 Å². The summed E-state index contributed by atoms with van der Waals surface area (Å²) in [4.78, 5) is 13.3. The summed E-state index contributed by atoms with van der Waals surface area (Å²) in [6, 6.07) is 6.81. The number of benzene rings is 1. The third-order valence-corrected chi connectivity index (χ3v) is 1.88. The van der Waals surface area contributed by atoms with Crippen LogP contribution in [-0.4, -0.2) is 16.1 Å². The third-order valence-electron chi connectivity index (χ3n) is 1.88. The predicted molar refractivity (Wildman–Crippen MR) is 49.7 cm³/mol. The summed E-state index contributed by atoms with van der Waals surface area (Å²) in [5.74, 6) is -0.963. The lowest BCUT2D eigenvalue weighted by Crippen LogP contribution is -1.94. The van der Waals surface area contributed by atoms with E-state index in [9.17, 15) is 4.79 Å². The lowest BCUT2D eigenvalue weighted by atomic mass is 10.2. The Kier molecular flexibility index (Phi) is 1.48. The summed E-state index contributed by atoms with van der Waals surface area (Å²) < 4.78 is 0. The van der Waals surface area contributed by atoms with Crippen LogP contribution in [0, 0.1) is 0 Å². The lowest BCUT2D eigenvalue weighted by molar-refractivity contribution is 0.0691. The van der Waals surface area contributed by atoms with Crippen molar-refractivity contribution >= 4 is 22.6 Å². The standard InChI is InChI=1S/C9H8N2O2/c10-6-2-1-5-3-8(9(12)13)11-7(5)4-6/h1-4,11H,10H2,(H,12,13). The molecule has 1 aromatic carbocycles. The molecule has 13 heavy (non-hydrogen) atoms. The van der Waals surface area contributed by atoms with Gasteiger partial charge in [-0.1, -0.05) is 6.07 Å². The lowest BCUT2D eigenvalue weighted by Gasteiger charge is -1.91. The summed E-state index contributed by atoms with van der Waals surface area (Å²) in [5.41, 5.74) is 7.09. The van der Waals surface area contributed by atoms with Crippen LogP contribution in [0.5, 0.6) is 0 Å². The Morgan fingerprint density at radius 2 is 2.15 bits per heavy atom. The average molecular weight is 176 g/mol. The van der Waals surface area contributed by atoms with Gasteiger partial charge in [-0.25, -0.2) is 4.79 Å². The number of hydrogen-bond donors (Lipinski definition) is 3. The maximum Gasteiger partial charge on any atom is 0.352 e. The number of carbonyl (C=O) groups is 1. The summed E-state index contributed by atoms with van der Waals surface area (Å²) in [6.45, 7) is 0.